The van der Waals surface area contributed by atoms with Crippen LogP contribution in [-0.2, 0) is 13.0 Å². The summed E-state index contributed by atoms with van der Waals surface area (Å²) in [6.07, 6.45) is 0.635. The number of benzene rings is 2. The molecule has 8 nitrogen and oxygen atoms in total. The van der Waals surface area contributed by atoms with Gasteiger partial charge in [-0.1, -0.05) is 54.5 Å². The van der Waals surface area contributed by atoms with Crippen LogP contribution in [-0.4, -0.2) is 42.5 Å². The lowest BCUT2D eigenvalue weighted by molar-refractivity contribution is 0.377. The maximum atomic E-state index is 5.17. The quantitative estimate of drug-likeness (QED) is 0.513. The van der Waals surface area contributed by atoms with Crippen LogP contribution in [0.4, 0.5) is 0 Å². The van der Waals surface area contributed by atoms with Gasteiger partial charge in [-0.05, 0) is 34.0 Å². The van der Waals surface area contributed by atoms with E-state index in [9.17, 15) is 0 Å². The van der Waals surface area contributed by atoms with Crippen molar-refractivity contribution in [1.29, 1.82) is 0 Å². The number of nitrogens with one attached hydrogen (secondary N) is 1. The number of rotatable bonds is 6. The summed E-state index contributed by atoms with van der Waals surface area (Å²) < 4.78 is 6.94. The molecule has 4 aromatic rings. The van der Waals surface area contributed by atoms with Crippen LogP contribution in [0.1, 0.15) is 18.3 Å². The summed E-state index contributed by atoms with van der Waals surface area (Å²) in [7, 11) is 1.56. The second kappa shape index (κ2) is 8.35. The van der Waals surface area contributed by atoms with E-state index < -0.39 is 0 Å². The number of methoxy groups -OCH3 is 1. The Labute approximate surface area is 168 Å². The molecule has 29 heavy (non-hydrogen) atoms. The maximum absolute atomic E-state index is 5.17. The highest BCUT2D eigenvalue weighted by atomic mass is 16.5. The summed E-state index contributed by atoms with van der Waals surface area (Å²) in [5.41, 5.74) is 4.21. The van der Waals surface area contributed by atoms with Crippen molar-refractivity contribution in [1.82, 2.24) is 35.4 Å². The van der Waals surface area contributed by atoms with Crippen molar-refractivity contribution < 1.29 is 4.74 Å². The van der Waals surface area contributed by atoms with Gasteiger partial charge in [0.15, 0.2) is 5.82 Å². The van der Waals surface area contributed by atoms with Gasteiger partial charge in [0.05, 0.1) is 7.11 Å². The summed E-state index contributed by atoms with van der Waals surface area (Å²) in [6.45, 7) is 2.29. The fourth-order valence-corrected chi connectivity index (χ4v) is 3.05. The van der Waals surface area contributed by atoms with Crippen LogP contribution in [0.2, 0.25) is 0 Å². The third kappa shape index (κ3) is 3.99. The van der Waals surface area contributed by atoms with Crippen molar-refractivity contribution in [3.05, 3.63) is 59.9 Å². The van der Waals surface area contributed by atoms with E-state index in [0.717, 1.165) is 28.1 Å². The average Bonchev–Trinajstić information content (AvgIpc) is 3.43. The zero-order valence-electron chi connectivity index (χ0n) is 16.1. The fourth-order valence-electron chi connectivity index (χ4n) is 3.05. The summed E-state index contributed by atoms with van der Waals surface area (Å²) >= 11 is 0. The van der Waals surface area contributed by atoms with Gasteiger partial charge in [-0.15, -0.1) is 16.1 Å². The third-order valence-electron chi connectivity index (χ3n) is 4.47. The molecule has 0 spiro atoms. The van der Waals surface area contributed by atoms with E-state index in [1.165, 1.54) is 0 Å². The summed E-state index contributed by atoms with van der Waals surface area (Å²) in [5, 5.41) is 18.5. The Morgan fingerprint density at radius 2 is 1.86 bits per heavy atom. The Bertz CT molecular complexity index is 1150. The SMILES string of the molecule is CC#CCn1nc(OC)nc1Cc1ccc(-c2ccccc2-c2nnn[nH]2)cc1. The Morgan fingerprint density at radius 3 is 2.55 bits per heavy atom. The molecular formula is C21H19N7O. The first-order valence-electron chi connectivity index (χ1n) is 9.08. The van der Waals surface area contributed by atoms with Crippen molar-refractivity contribution in [3.8, 4) is 40.4 Å². The zero-order valence-corrected chi connectivity index (χ0v) is 16.1. The van der Waals surface area contributed by atoms with E-state index in [2.05, 4.69) is 72.9 Å². The molecular weight excluding hydrogens is 366 g/mol. The van der Waals surface area contributed by atoms with Crippen molar-refractivity contribution >= 4 is 0 Å². The Balaban J connectivity index is 1.60. The minimum Gasteiger partial charge on any atom is -0.466 e. The van der Waals surface area contributed by atoms with Crippen LogP contribution < -0.4 is 4.74 Å². The van der Waals surface area contributed by atoms with Crippen LogP contribution in [0.3, 0.4) is 0 Å². The van der Waals surface area contributed by atoms with Gasteiger partial charge in [-0.3, -0.25) is 0 Å². The summed E-state index contributed by atoms with van der Waals surface area (Å²) in [5.74, 6) is 7.35. The smallest absolute Gasteiger partial charge is 0.335 e. The first-order chi connectivity index (χ1) is 14.3. The first kappa shape index (κ1) is 18.4. The van der Waals surface area contributed by atoms with E-state index >= 15 is 0 Å². The number of aromatic nitrogens is 7. The molecule has 8 heteroatoms. The van der Waals surface area contributed by atoms with Gasteiger partial charge in [0.25, 0.3) is 0 Å². The zero-order chi connectivity index (χ0) is 20.1. The molecule has 0 radical (unpaired) electrons. The van der Waals surface area contributed by atoms with Crippen LogP contribution in [0.5, 0.6) is 6.01 Å². The van der Waals surface area contributed by atoms with Crippen molar-refractivity contribution in [2.24, 2.45) is 0 Å². The Morgan fingerprint density at radius 1 is 1.07 bits per heavy atom. The minimum absolute atomic E-state index is 0.351. The van der Waals surface area contributed by atoms with E-state index in [1.54, 1.807) is 18.7 Å². The topological polar surface area (TPSA) is 94.4 Å². The molecule has 0 aliphatic carbocycles. The minimum atomic E-state index is 0.351. The van der Waals surface area contributed by atoms with E-state index in [4.69, 9.17) is 4.74 Å². The molecule has 0 saturated heterocycles. The summed E-state index contributed by atoms with van der Waals surface area (Å²) in [6, 6.07) is 16.7. The monoisotopic (exact) mass is 385 g/mol. The van der Waals surface area contributed by atoms with Gasteiger partial charge in [0.1, 0.15) is 12.4 Å². The number of hydrogen-bond donors (Lipinski definition) is 1. The van der Waals surface area contributed by atoms with Gasteiger partial charge in [0.2, 0.25) is 0 Å². The number of aromatic amines is 1. The number of H-pyrrole nitrogens is 1. The van der Waals surface area contributed by atoms with Gasteiger partial charge < -0.3 is 4.74 Å². The Kier molecular flexibility index (Phi) is 5.29. The highest BCUT2D eigenvalue weighted by molar-refractivity contribution is 5.80. The molecule has 2 aromatic carbocycles. The lowest BCUT2D eigenvalue weighted by atomic mass is 9.98. The second-order valence-corrected chi connectivity index (χ2v) is 6.27. The number of tetrazole rings is 1. The first-order valence-corrected chi connectivity index (χ1v) is 9.08. The highest BCUT2D eigenvalue weighted by Gasteiger charge is 2.12. The second-order valence-electron chi connectivity index (χ2n) is 6.27. The highest BCUT2D eigenvalue weighted by Crippen LogP contribution is 2.30. The van der Waals surface area contributed by atoms with Crippen LogP contribution in [0.25, 0.3) is 22.5 Å². The molecule has 0 atom stereocenters. The Hall–Kier alpha value is -3.99. The van der Waals surface area contributed by atoms with Gasteiger partial charge in [-0.25, -0.2) is 9.78 Å². The molecule has 0 saturated carbocycles. The normalized spacial score (nSPS) is 10.4. The van der Waals surface area contributed by atoms with Crippen molar-refractivity contribution in [3.63, 3.8) is 0 Å². The molecule has 0 aliphatic rings. The molecule has 2 heterocycles. The number of hydrogen-bond acceptors (Lipinski definition) is 6. The molecule has 144 valence electrons. The predicted octanol–water partition coefficient (Wildman–Crippen LogP) is 2.75. The van der Waals surface area contributed by atoms with Crippen LogP contribution >= 0.6 is 0 Å². The third-order valence-corrected chi connectivity index (χ3v) is 4.47. The lowest BCUT2D eigenvalue weighted by Gasteiger charge is -2.08. The number of ether oxygens (including phenoxy) is 1. The van der Waals surface area contributed by atoms with Gasteiger partial charge >= 0.3 is 6.01 Å². The van der Waals surface area contributed by atoms with Crippen molar-refractivity contribution in [2.75, 3.05) is 7.11 Å². The standard InChI is InChI=1S/C21H19N7O/c1-3-4-13-28-19(22-21(25-28)29-2)14-15-9-11-16(12-10-15)17-7-5-6-8-18(17)20-23-26-27-24-20/h5-12H,13-14H2,1-2H3,(H,23,24,26,27). The van der Waals surface area contributed by atoms with Gasteiger partial charge in [-0.2, -0.15) is 4.98 Å². The van der Waals surface area contributed by atoms with E-state index in [1.807, 2.05) is 18.2 Å². The van der Waals surface area contributed by atoms with Crippen LogP contribution in [0, 0.1) is 11.8 Å². The molecule has 0 bridgehead atoms. The number of nitrogens with zero attached hydrogens (tertiary/aromatic N) is 6. The maximum Gasteiger partial charge on any atom is 0.335 e. The molecule has 2 aromatic heterocycles. The van der Waals surface area contributed by atoms with E-state index in [0.29, 0.717) is 24.8 Å². The molecule has 4 rings (SSSR count). The van der Waals surface area contributed by atoms with E-state index in [-0.39, 0.29) is 0 Å². The fraction of sp³-hybridized carbons (Fsp3) is 0.190. The largest absolute Gasteiger partial charge is 0.466 e. The summed E-state index contributed by atoms with van der Waals surface area (Å²) in [4.78, 5) is 4.44. The molecule has 0 fully saturated rings. The molecule has 0 amide bonds. The lowest BCUT2D eigenvalue weighted by Crippen LogP contribution is -2.05. The molecule has 1 N–H and O–H groups in total. The molecule has 0 aliphatic heterocycles. The van der Waals surface area contributed by atoms with Gasteiger partial charge in [0, 0.05) is 12.0 Å². The average molecular weight is 385 g/mol. The predicted molar refractivity (Wildman–Crippen MR) is 108 cm³/mol. The molecule has 0 unspecified atom stereocenters. The van der Waals surface area contributed by atoms with Crippen LogP contribution in [0.15, 0.2) is 48.5 Å². The van der Waals surface area contributed by atoms with Crippen molar-refractivity contribution in [2.45, 2.75) is 19.9 Å².